The molecule has 6 heteroatoms. The first kappa shape index (κ1) is 53.6. The minimum absolute atomic E-state index is 0.0842. The van der Waals surface area contributed by atoms with Gasteiger partial charge in [0.25, 0.3) is 0 Å². The zero-order valence-electron chi connectivity index (χ0n) is 37.2. The number of rotatable bonds is 43. The summed E-state index contributed by atoms with van der Waals surface area (Å²) in [5.74, 6) is -0.925. The van der Waals surface area contributed by atoms with E-state index in [1.54, 1.807) is 0 Å². The molecule has 1 atom stereocenters. The molecular formula is C50H90O6. The molecule has 0 fully saturated rings. The van der Waals surface area contributed by atoms with Crippen LogP contribution in [-0.2, 0) is 28.6 Å². The Morgan fingerprint density at radius 1 is 0.357 bits per heavy atom. The van der Waals surface area contributed by atoms with Crippen molar-refractivity contribution in [3.05, 3.63) is 36.5 Å². The Bertz CT molecular complexity index is 953. The van der Waals surface area contributed by atoms with Crippen molar-refractivity contribution in [2.24, 2.45) is 0 Å². The number of unbranched alkanes of at least 4 members (excludes halogenated alkanes) is 27. The molecule has 0 aromatic heterocycles. The maximum Gasteiger partial charge on any atom is 0.306 e. The predicted molar refractivity (Wildman–Crippen MR) is 238 cm³/mol. The number of esters is 3. The molecule has 0 amide bonds. The third-order valence-corrected chi connectivity index (χ3v) is 10.4. The smallest absolute Gasteiger partial charge is 0.306 e. The lowest BCUT2D eigenvalue weighted by Gasteiger charge is -2.18. The number of carbonyl (C=O) groups excluding carboxylic acids is 3. The number of hydrogen-bond donors (Lipinski definition) is 0. The van der Waals surface area contributed by atoms with Gasteiger partial charge in [-0.25, -0.2) is 0 Å². The van der Waals surface area contributed by atoms with Gasteiger partial charge in [0.2, 0.25) is 0 Å². The maximum atomic E-state index is 12.7. The van der Waals surface area contributed by atoms with E-state index in [9.17, 15) is 14.4 Å². The quantitative estimate of drug-likeness (QED) is 0.0201. The van der Waals surface area contributed by atoms with Crippen LogP contribution in [0.25, 0.3) is 0 Å². The summed E-state index contributed by atoms with van der Waals surface area (Å²) in [5.41, 5.74) is 0. The van der Waals surface area contributed by atoms with Crippen molar-refractivity contribution < 1.29 is 28.6 Å². The van der Waals surface area contributed by atoms with Gasteiger partial charge in [-0.15, -0.1) is 0 Å². The van der Waals surface area contributed by atoms with Gasteiger partial charge in [-0.1, -0.05) is 198 Å². The number of allylic oxidation sites excluding steroid dienone is 6. The van der Waals surface area contributed by atoms with Crippen LogP contribution in [0.15, 0.2) is 36.5 Å². The van der Waals surface area contributed by atoms with E-state index in [1.165, 1.54) is 122 Å². The molecule has 0 saturated carbocycles. The van der Waals surface area contributed by atoms with Crippen LogP contribution >= 0.6 is 0 Å². The maximum absolute atomic E-state index is 12.7. The van der Waals surface area contributed by atoms with Gasteiger partial charge in [0.05, 0.1) is 0 Å². The molecule has 0 aliphatic rings. The first-order valence-electron chi connectivity index (χ1n) is 24.0. The lowest BCUT2D eigenvalue weighted by molar-refractivity contribution is -0.167. The summed E-state index contributed by atoms with van der Waals surface area (Å²) in [5, 5.41) is 0. The van der Waals surface area contributed by atoms with Crippen LogP contribution in [-0.4, -0.2) is 37.2 Å². The number of hydrogen-bond acceptors (Lipinski definition) is 6. The Morgan fingerprint density at radius 3 is 1.07 bits per heavy atom. The zero-order valence-corrected chi connectivity index (χ0v) is 37.2. The van der Waals surface area contributed by atoms with E-state index in [-0.39, 0.29) is 31.1 Å². The molecule has 56 heavy (non-hydrogen) atoms. The van der Waals surface area contributed by atoms with E-state index in [0.29, 0.717) is 19.3 Å². The first-order valence-corrected chi connectivity index (χ1v) is 24.0. The summed E-state index contributed by atoms with van der Waals surface area (Å²) < 4.78 is 16.7. The molecule has 326 valence electrons. The highest BCUT2D eigenvalue weighted by atomic mass is 16.6. The normalized spacial score (nSPS) is 12.3. The van der Waals surface area contributed by atoms with Crippen molar-refractivity contribution in [2.75, 3.05) is 13.2 Å². The first-order chi connectivity index (χ1) is 27.5. The van der Waals surface area contributed by atoms with Gasteiger partial charge in [-0.05, 0) is 64.2 Å². The van der Waals surface area contributed by atoms with E-state index in [1.807, 2.05) is 0 Å². The van der Waals surface area contributed by atoms with E-state index >= 15 is 0 Å². The zero-order chi connectivity index (χ0) is 40.8. The monoisotopic (exact) mass is 787 g/mol. The van der Waals surface area contributed by atoms with Crippen LogP contribution in [0.4, 0.5) is 0 Å². The van der Waals surface area contributed by atoms with E-state index in [0.717, 1.165) is 83.5 Å². The third-order valence-electron chi connectivity index (χ3n) is 10.4. The molecule has 1 unspecified atom stereocenters. The van der Waals surface area contributed by atoms with Crippen LogP contribution in [0, 0.1) is 0 Å². The lowest BCUT2D eigenvalue weighted by atomic mass is 10.0. The Balaban J connectivity index is 4.40. The summed E-state index contributed by atoms with van der Waals surface area (Å²) in [6.45, 7) is 6.54. The second-order valence-electron chi connectivity index (χ2n) is 16.0. The highest BCUT2D eigenvalue weighted by Gasteiger charge is 2.19. The van der Waals surface area contributed by atoms with E-state index < -0.39 is 6.10 Å². The predicted octanol–water partition coefficient (Wildman–Crippen LogP) is 15.4. The van der Waals surface area contributed by atoms with Gasteiger partial charge in [-0.2, -0.15) is 0 Å². The number of ether oxygens (including phenoxy) is 3. The fourth-order valence-corrected chi connectivity index (χ4v) is 6.71. The molecule has 0 aliphatic heterocycles. The summed E-state index contributed by atoms with van der Waals surface area (Å²) in [7, 11) is 0. The van der Waals surface area contributed by atoms with Crippen molar-refractivity contribution in [1.29, 1.82) is 0 Å². The van der Waals surface area contributed by atoms with Crippen molar-refractivity contribution >= 4 is 17.9 Å². The largest absolute Gasteiger partial charge is 0.462 e. The van der Waals surface area contributed by atoms with Crippen molar-refractivity contribution in [1.82, 2.24) is 0 Å². The molecule has 0 N–H and O–H groups in total. The molecule has 0 saturated heterocycles. The molecule has 0 aliphatic carbocycles. The number of carbonyl (C=O) groups is 3. The van der Waals surface area contributed by atoms with Crippen LogP contribution < -0.4 is 0 Å². The van der Waals surface area contributed by atoms with Gasteiger partial charge in [-0.3, -0.25) is 14.4 Å². The fraction of sp³-hybridized carbons (Fsp3) is 0.820. The van der Waals surface area contributed by atoms with Gasteiger partial charge < -0.3 is 14.2 Å². The minimum atomic E-state index is -0.785. The molecule has 0 bridgehead atoms. The van der Waals surface area contributed by atoms with Crippen LogP contribution in [0.1, 0.15) is 245 Å². The SMILES string of the molecule is CCCC/C=C\C=C/CCCCCC(=O)OCC(COC(=O)CCCCCCCCCCCCCCCC)OC(=O)CCCCC/C=C\CCCCCCCC. The Kier molecular flexibility index (Phi) is 43.4. The highest BCUT2D eigenvalue weighted by molar-refractivity contribution is 5.71. The third kappa shape index (κ3) is 42.8. The van der Waals surface area contributed by atoms with Gasteiger partial charge >= 0.3 is 17.9 Å². The van der Waals surface area contributed by atoms with Gasteiger partial charge in [0.15, 0.2) is 6.10 Å². The van der Waals surface area contributed by atoms with E-state index in [4.69, 9.17) is 14.2 Å². The van der Waals surface area contributed by atoms with E-state index in [2.05, 4.69) is 57.2 Å². The fourth-order valence-electron chi connectivity index (χ4n) is 6.71. The molecule has 0 heterocycles. The summed E-state index contributed by atoms with van der Waals surface area (Å²) in [4.78, 5) is 37.8. The average Bonchev–Trinajstić information content (AvgIpc) is 3.19. The summed E-state index contributed by atoms with van der Waals surface area (Å²) in [6, 6.07) is 0. The molecule has 0 spiro atoms. The van der Waals surface area contributed by atoms with Crippen molar-refractivity contribution in [2.45, 2.75) is 252 Å². The van der Waals surface area contributed by atoms with Crippen molar-refractivity contribution in [3.63, 3.8) is 0 Å². The molecular weight excluding hydrogens is 697 g/mol. The van der Waals surface area contributed by atoms with Gasteiger partial charge in [0, 0.05) is 19.3 Å². The molecule has 6 nitrogen and oxygen atoms in total. The highest BCUT2D eigenvalue weighted by Crippen LogP contribution is 2.15. The molecule has 0 aromatic rings. The van der Waals surface area contributed by atoms with Gasteiger partial charge in [0.1, 0.15) is 13.2 Å². The second kappa shape index (κ2) is 45.3. The van der Waals surface area contributed by atoms with Crippen LogP contribution in [0.2, 0.25) is 0 Å². The lowest BCUT2D eigenvalue weighted by Crippen LogP contribution is -2.30. The van der Waals surface area contributed by atoms with Crippen LogP contribution in [0.3, 0.4) is 0 Å². The molecule has 0 aromatic carbocycles. The Morgan fingerprint density at radius 2 is 0.661 bits per heavy atom. The standard InChI is InChI=1S/C50H90O6/c1-4-7-10-13-16-19-22-24-26-28-31-34-37-40-43-49(52)55-46-47(45-54-48(51)42-39-36-33-30-27-21-18-15-12-9-6-3)56-50(53)44-41-38-35-32-29-25-23-20-17-14-11-8-5-2/h15,18,21,25,27,29,47H,4-14,16-17,19-20,22-24,26,28,30-46H2,1-3H3/b18-15-,27-21-,29-25-. The minimum Gasteiger partial charge on any atom is -0.462 e. The Hall–Kier alpha value is -2.37. The van der Waals surface area contributed by atoms with Crippen LogP contribution in [0.5, 0.6) is 0 Å². The second-order valence-corrected chi connectivity index (χ2v) is 16.0. The van der Waals surface area contributed by atoms with Crippen molar-refractivity contribution in [3.8, 4) is 0 Å². The summed E-state index contributed by atoms with van der Waals surface area (Å²) >= 11 is 0. The molecule has 0 rings (SSSR count). The Labute approximate surface area is 346 Å². The molecule has 0 radical (unpaired) electrons. The topological polar surface area (TPSA) is 78.9 Å². The summed E-state index contributed by atoms with van der Waals surface area (Å²) in [6.07, 6.45) is 51.3. The average molecular weight is 787 g/mol.